The normalized spacial score (nSPS) is 19.9. The van der Waals surface area contributed by atoms with Gasteiger partial charge in [-0.25, -0.2) is 0 Å². The molecule has 0 bridgehead atoms. The number of carbonyl (C=O) groups excluding carboxylic acids is 1. The second-order valence-corrected chi connectivity index (χ2v) is 9.49. The Labute approximate surface area is 187 Å². The van der Waals surface area contributed by atoms with E-state index in [2.05, 4.69) is 28.8 Å². The molecule has 1 aliphatic rings. The number of aromatic nitrogens is 2. The zero-order valence-corrected chi connectivity index (χ0v) is 21.1. The summed E-state index contributed by atoms with van der Waals surface area (Å²) in [5.41, 5.74) is 1.48. The fraction of sp³-hybridized carbons (Fsp3) is 0.783. The monoisotopic (exact) mass is 440 g/mol. The van der Waals surface area contributed by atoms with Crippen LogP contribution in [-0.4, -0.2) is 52.2 Å². The summed E-state index contributed by atoms with van der Waals surface area (Å²) in [6.07, 6.45) is 7.58. The fourth-order valence-electron chi connectivity index (χ4n) is 3.18. The second-order valence-electron chi connectivity index (χ2n) is 8.96. The molecule has 0 spiro atoms. The van der Waals surface area contributed by atoms with Gasteiger partial charge in [-0.1, -0.05) is 46.1 Å². The number of carbonyl (C=O) groups is 1. The number of unbranched alkanes of at least 4 members (excludes halogenated alkanes) is 3. The highest BCUT2D eigenvalue weighted by atomic mass is 32.1. The Morgan fingerprint density at radius 1 is 1.23 bits per heavy atom. The predicted octanol–water partition coefficient (Wildman–Crippen LogP) is 5.69. The number of hydrogen-bond donors (Lipinski definition) is 0. The maximum Gasteiger partial charge on any atom is 0.315 e. The number of quaternary nitrogens is 1. The zero-order chi connectivity index (χ0) is 22.8. The molecule has 172 valence electrons. The molecule has 0 amide bonds. The maximum atomic E-state index is 12.3. The molecule has 1 aromatic heterocycles. The van der Waals surface area contributed by atoms with Crippen molar-refractivity contribution in [2.24, 2.45) is 5.41 Å². The minimum atomic E-state index is -0.501. The molecule has 2 rings (SSSR count). The lowest BCUT2D eigenvalue weighted by atomic mass is 9.97. The summed E-state index contributed by atoms with van der Waals surface area (Å²) in [4.78, 5) is 12.3. The molecule has 1 aliphatic heterocycles. The standard InChI is InChI=1S/C21H36N3O3S.C2H6/c1-7-8-9-10-14-26-19-18(22-28-23-19)17-12-11-13-24(6,15-17)16(2)27-20(25)21(3,4)5;1-2/h12,16H,7-11,13-15H2,1-6H3;1-2H3/q+1;. The van der Waals surface area contributed by atoms with E-state index < -0.39 is 5.41 Å². The molecule has 6 nitrogen and oxygen atoms in total. The van der Waals surface area contributed by atoms with Crippen molar-refractivity contribution in [3.8, 4) is 5.88 Å². The average Bonchev–Trinajstić information content (AvgIpc) is 3.17. The van der Waals surface area contributed by atoms with Gasteiger partial charge in [-0.2, -0.15) is 4.37 Å². The van der Waals surface area contributed by atoms with E-state index in [1.165, 1.54) is 31.0 Å². The van der Waals surface area contributed by atoms with Crippen LogP contribution in [0.3, 0.4) is 0 Å². The maximum absolute atomic E-state index is 12.3. The van der Waals surface area contributed by atoms with Crippen LogP contribution in [0.4, 0.5) is 0 Å². The van der Waals surface area contributed by atoms with Crippen molar-refractivity contribution >= 4 is 23.3 Å². The number of rotatable bonds is 9. The Balaban J connectivity index is 0.00000218. The van der Waals surface area contributed by atoms with Crippen molar-refractivity contribution in [1.29, 1.82) is 0 Å². The quantitative estimate of drug-likeness (QED) is 0.280. The van der Waals surface area contributed by atoms with E-state index in [1.807, 2.05) is 41.5 Å². The van der Waals surface area contributed by atoms with Crippen molar-refractivity contribution in [2.45, 2.75) is 86.8 Å². The summed E-state index contributed by atoms with van der Waals surface area (Å²) in [5, 5.41) is 0. The van der Waals surface area contributed by atoms with E-state index in [-0.39, 0.29) is 12.2 Å². The summed E-state index contributed by atoms with van der Waals surface area (Å²) in [6, 6.07) is 0. The van der Waals surface area contributed by atoms with E-state index in [1.54, 1.807) is 0 Å². The first-order valence-electron chi connectivity index (χ1n) is 11.4. The van der Waals surface area contributed by atoms with Crippen LogP contribution in [0.15, 0.2) is 6.08 Å². The van der Waals surface area contributed by atoms with E-state index in [0.29, 0.717) is 17.0 Å². The van der Waals surface area contributed by atoms with Gasteiger partial charge in [0.25, 0.3) is 5.88 Å². The van der Waals surface area contributed by atoms with Gasteiger partial charge in [0.2, 0.25) is 6.23 Å². The smallest absolute Gasteiger partial charge is 0.315 e. The average molecular weight is 441 g/mol. The molecular formula is C23H42N3O3S+. The number of esters is 1. The van der Waals surface area contributed by atoms with E-state index >= 15 is 0 Å². The van der Waals surface area contributed by atoms with Gasteiger partial charge in [0.05, 0.1) is 37.3 Å². The van der Waals surface area contributed by atoms with Gasteiger partial charge in [-0.3, -0.25) is 9.28 Å². The van der Waals surface area contributed by atoms with Gasteiger partial charge in [-0.15, -0.1) is 4.37 Å². The van der Waals surface area contributed by atoms with Crippen LogP contribution in [0.25, 0.3) is 5.57 Å². The van der Waals surface area contributed by atoms with Gasteiger partial charge >= 0.3 is 5.97 Å². The van der Waals surface area contributed by atoms with Crippen molar-refractivity contribution in [2.75, 3.05) is 26.7 Å². The molecule has 0 saturated carbocycles. The number of nitrogens with zero attached hydrogens (tertiary/aromatic N) is 3. The molecule has 0 saturated heterocycles. The van der Waals surface area contributed by atoms with Gasteiger partial charge in [0.15, 0.2) is 0 Å². The SMILES string of the molecule is CC.CCCCCCOc1nsnc1C1=CCC[N+](C)(C(C)OC(=O)C(C)(C)C)C1. The molecule has 0 aliphatic carbocycles. The minimum absolute atomic E-state index is 0.165. The van der Waals surface area contributed by atoms with Crippen molar-refractivity contribution in [3.63, 3.8) is 0 Å². The Morgan fingerprint density at radius 2 is 1.93 bits per heavy atom. The molecule has 2 atom stereocenters. The third-order valence-corrected chi connectivity index (χ3v) is 5.84. The Kier molecular flexibility index (Phi) is 11.0. The van der Waals surface area contributed by atoms with Crippen molar-refractivity contribution in [3.05, 3.63) is 11.8 Å². The predicted molar refractivity (Wildman–Crippen MR) is 124 cm³/mol. The van der Waals surface area contributed by atoms with Crippen LogP contribution in [0.2, 0.25) is 0 Å². The van der Waals surface area contributed by atoms with Crippen LogP contribution >= 0.6 is 11.7 Å². The van der Waals surface area contributed by atoms with Crippen LogP contribution in [0.1, 0.15) is 86.3 Å². The van der Waals surface area contributed by atoms with Crippen LogP contribution in [0, 0.1) is 5.41 Å². The third-order valence-electron chi connectivity index (χ3n) is 5.33. The molecule has 30 heavy (non-hydrogen) atoms. The molecule has 0 radical (unpaired) electrons. The van der Waals surface area contributed by atoms with Gasteiger partial charge in [0, 0.05) is 18.9 Å². The van der Waals surface area contributed by atoms with Crippen LogP contribution in [-0.2, 0) is 9.53 Å². The van der Waals surface area contributed by atoms with Crippen molar-refractivity contribution in [1.82, 2.24) is 8.75 Å². The molecule has 0 N–H and O–H groups in total. The number of ether oxygens (including phenoxy) is 2. The lowest BCUT2D eigenvalue weighted by Gasteiger charge is -2.41. The highest BCUT2D eigenvalue weighted by Gasteiger charge is 2.38. The first kappa shape index (κ1) is 26.6. The lowest BCUT2D eigenvalue weighted by Crippen LogP contribution is -2.55. The second kappa shape index (κ2) is 12.4. The minimum Gasteiger partial charge on any atom is -0.475 e. The molecular weight excluding hydrogens is 398 g/mol. The summed E-state index contributed by atoms with van der Waals surface area (Å²) in [6.45, 7) is 16.2. The fourth-order valence-corrected chi connectivity index (χ4v) is 3.71. The van der Waals surface area contributed by atoms with E-state index in [4.69, 9.17) is 9.47 Å². The Hall–Kier alpha value is -1.47. The van der Waals surface area contributed by atoms with Crippen LogP contribution < -0.4 is 4.74 Å². The Morgan fingerprint density at radius 3 is 2.57 bits per heavy atom. The third kappa shape index (κ3) is 7.65. The first-order chi connectivity index (χ1) is 14.2. The molecule has 7 heteroatoms. The zero-order valence-electron chi connectivity index (χ0n) is 20.3. The van der Waals surface area contributed by atoms with Crippen LogP contribution in [0.5, 0.6) is 5.88 Å². The van der Waals surface area contributed by atoms with Crippen molar-refractivity contribution < 1.29 is 18.8 Å². The summed E-state index contributed by atoms with van der Waals surface area (Å²) >= 11 is 1.19. The van der Waals surface area contributed by atoms with Gasteiger partial charge in [-0.05, 0) is 27.2 Å². The molecule has 2 heterocycles. The number of likely N-dealkylation sites (N-methyl/N-ethyl adjacent to an activating group) is 1. The van der Waals surface area contributed by atoms with E-state index in [0.717, 1.165) is 37.2 Å². The molecule has 0 fully saturated rings. The molecule has 1 aromatic rings. The van der Waals surface area contributed by atoms with E-state index in [9.17, 15) is 4.79 Å². The number of hydrogen-bond acceptors (Lipinski definition) is 6. The largest absolute Gasteiger partial charge is 0.475 e. The topological polar surface area (TPSA) is 61.3 Å². The van der Waals surface area contributed by atoms with Gasteiger partial charge < -0.3 is 9.47 Å². The summed E-state index contributed by atoms with van der Waals surface area (Å²) in [5.74, 6) is 0.474. The lowest BCUT2D eigenvalue weighted by molar-refractivity contribution is -0.944. The highest BCUT2D eigenvalue weighted by molar-refractivity contribution is 6.99. The summed E-state index contributed by atoms with van der Waals surface area (Å²) < 4.78 is 21.2. The summed E-state index contributed by atoms with van der Waals surface area (Å²) in [7, 11) is 2.14. The first-order valence-corrected chi connectivity index (χ1v) is 12.1. The Bertz CT molecular complexity index is 681. The highest BCUT2D eigenvalue weighted by Crippen LogP contribution is 2.32. The van der Waals surface area contributed by atoms with Gasteiger partial charge in [0.1, 0.15) is 12.2 Å². The molecule has 2 unspecified atom stereocenters. The molecule has 0 aromatic carbocycles.